The predicted octanol–water partition coefficient (Wildman–Crippen LogP) is 1.40. The van der Waals surface area contributed by atoms with Crippen molar-refractivity contribution < 1.29 is 4.79 Å². The lowest BCUT2D eigenvalue weighted by Crippen LogP contribution is -2.46. The van der Waals surface area contributed by atoms with Gasteiger partial charge in [0.1, 0.15) is 0 Å². The number of rotatable bonds is 6. The molecule has 1 amide bonds. The van der Waals surface area contributed by atoms with Gasteiger partial charge in [-0.3, -0.25) is 9.89 Å². The molecule has 1 aliphatic rings. The van der Waals surface area contributed by atoms with Gasteiger partial charge in [-0.1, -0.05) is 13.8 Å². The van der Waals surface area contributed by atoms with E-state index in [1.54, 1.807) is 0 Å². The Labute approximate surface area is 120 Å². The summed E-state index contributed by atoms with van der Waals surface area (Å²) < 4.78 is 0. The summed E-state index contributed by atoms with van der Waals surface area (Å²) in [5, 5.41) is 13.4. The maximum Gasteiger partial charge on any atom is 0.227 e. The highest BCUT2D eigenvalue weighted by atomic mass is 16.2. The van der Waals surface area contributed by atoms with E-state index in [1.165, 1.54) is 5.56 Å². The summed E-state index contributed by atoms with van der Waals surface area (Å²) in [6.45, 7) is 8.79. The molecular weight excluding hydrogens is 252 g/mol. The monoisotopic (exact) mass is 278 g/mol. The van der Waals surface area contributed by atoms with E-state index in [9.17, 15) is 4.79 Å². The van der Waals surface area contributed by atoms with E-state index in [2.05, 4.69) is 34.7 Å². The molecule has 0 radical (unpaired) electrons. The van der Waals surface area contributed by atoms with E-state index in [1.807, 2.05) is 13.1 Å². The number of hydrogen-bond acceptors (Lipinski definition) is 3. The summed E-state index contributed by atoms with van der Waals surface area (Å²) in [5.41, 5.74) is 2.14. The Morgan fingerprint density at radius 2 is 2.35 bits per heavy atom. The molecule has 0 bridgehead atoms. The van der Waals surface area contributed by atoms with Crippen molar-refractivity contribution in [2.45, 2.75) is 40.0 Å². The normalized spacial score (nSPS) is 22.4. The summed E-state index contributed by atoms with van der Waals surface area (Å²) in [7, 11) is 0. The Morgan fingerprint density at radius 1 is 1.55 bits per heavy atom. The Hall–Kier alpha value is -1.36. The zero-order valence-electron chi connectivity index (χ0n) is 12.8. The fraction of sp³-hybridized carbons (Fsp3) is 0.733. The van der Waals surface area contributed by atoms with Crippen molar-refractivity contribution in [2.24, 2.45) is 11.3 Å². The topological polar surface area (TPSA) is 69.8 Å². The maximum atomic E-state index is 12.5. The second-order valence-electron chi connectivity index (χ2n) is 6.12. The molecule has 2 rings (SSSR count). The third-order valence-electron chi connectivity index (χ3n) is 4.59. The molecule has 1 fully saturated rings. The first-order valence-corrected chi connectivity index (χ1v) is 7.54. The maximum absolute atomic E-state index is 12.5. The average Bonchev–Trinajstić information content (AvgIpc) is 3.04. The Bertz CT molecular complexity index is 446. The Morgan fingerprint density at radius 3 is 2.90 bits per heavy atom. The standard InChI is InChI=1S/C15H26N4O/c1-11(2)15(6-8-16-10-15)14(20)17-7-4-5-13-9-18-19-12(13)3/h9,11,16H,4-8,10H2,1-3H3,(H,17,20)(H,18,19). The highest BCUT2D eigenvalue weighted by molar-refractivity contribution is 5.83. The van der Waals surface area contributed by atoms with Crippen molar-refractivity contribution in [1.29, 1.82) is 0 Å². The molecule has 1 aromatic rings. The van der Waals surface area contributed by atoms with Crippen LogP contribution in [0.15, 0.2) is 6.20 Å². The summed E-state index contributed by atoms with van der Waals surface area (Å²) >= 11 is 0. The van der Waals surface area contributed by atoms with Crippen LogP contribution in [0, 0.1) is 18.3 Å². The largest absolute Gasteiger partial charge is 0.356 e. The van der Waals surface area contributed by atoms with Crippen molar-refractivity contribution in [3.8, 4) is 0 Å². The minimum absolute atomic E-state index is 0.210. The summed E-state index contributed by atoms with van der Waals surface area (Å²) in [6, 6.07) is 0. The lowest BCUT2D eigenvalue weighted by atomic mass is 9.75. The lowest BCUT2D eigenvalue weighted by Gasteiger charge is -2.31. The fourth-order valence-electron chi connectivity index (χ4n) is 2.94. The summed E-state index contributed by atoms with van der Waals surface area (Å²) in [4.78, 5) is 12.5. The van der Waals surface area contributed by atoms with Gasteiger partial charge in [-0.2, -0.15) is 5.10 Å². The molecule has 1 aromatic heterocycles. The summed E-state index contributed by atoms with van der Waals surface area (Å²) in [5.74, 6) is 0.579. The van der Waals surface area contributed by atoms with Gasteiger partial charge in [0.15, 0.2) is 0 Å². The zero-order valence-corrected chi connectivity index (χ0v) is 12.8. The smallest absolute Gasteiger partial charge is 0.227 e. The molecule has 1 saturated heterocycles. The molecule has 20 heavy (non-hydrogen) atoms. The number of aryl methyl sites for hydroxylation is 2. The molecule has 5 nitrogen and oxygen atoms in total. The van der Waals surface area contributed by atoms with Crippen LogP contribution in [0.2, 0.25) is 0 Å². The molecule has 1 aliphatic heterocycles. The number of carbonyl (C=O) groups excluding carboxylic acids is 1. The van der Waals surface area contributed by atoms with E-state index < -0.39 is 0 Å². The van der Waals surface area contributed by atoms with Crippen LogP contribution in [-0.2, 0) is 11.2 Å². The predicted molar refractivity (Wildman–Crippen MR) is 79.4 cm³/mol. The summed E-state index contributed by atoms with van der Waals surface area (Å²) in [6.07, 6.45) is 4.72. The first-order chi connectivity index (χ1) is 9.56. The van der Waals surface area contributed by atoms with Crippen LogP contribution in [0.4, 0.5) is 0 Å². The van der Waals surface area contributed by atoms with Gasteiger partial charge in [-0.25, -0.2) is 0 Å². The molecule has 0 aromatic carbocycles. The average molecular weight is 278 g/mol. The number of hydrogen-bond donors (Lipinski definition) is 3. The van der Waals surface area contributed by atoms with Crippen molar-refractivity contribution in [3.63, 3.8) is 0 Å². The van der Waals surface area contributed by atoms with Crippen molar-refractivity contribution >= 4 is 5.91 Å². The van der Waals surface area contributed by atoms with E-state index in [0.29, 0.717) is 5.92 Å². The van der Waals surface area contributed by atoms with E-state index in [0.717, 1.165) is 44.6 Å². The van der Waals surface area contributed by atoms with Gasteiger partial charge in [0.2, 0.25) is 5.91 Å². The van der Waals surface area contributed by atoms with E-state index >= 15 is 0 Å². The van der Waals surface area contributed by atoms with Gasteiger partial charge >= 0.3 is 0 Å². The Balaban J connectivity index is 1.79. The SMILES string of the molecule is Cc1[nH]ncc1CCCNC(=O)C1(C(C)C)CCNC1. The van der Waals surface area contributed by atoms with Gasteiger partial charge in [0, 0.05) is 18.8 Å². The molecule has 1 unspecified atom stereocenters. The first-order valence-electron chi connectivity index (χ1n) is 7.54. The van der Waals surface area contributed by atoms with Crippen LogP contribution in [0.3, 0.4) is 0 Å². The van der Waals surface area contributed by atoms with Gasteiger partial charge < -0.3 is 10.6 Å². The Kier molecular flexibility index (Phi) is 4.81. The molecule has 0 spiro atoms. The molecule has 2 heterocycles. The van der Waals surface area contributed by atoms with Crippen molar-refractivity contribution in [2.75, 3.05) is 19.6 Å². The molecule has 112 valence electrons. The third kappa shape index (κ3) is 3.03. The highest BCUT2D eigenvalue weighted by Gasteiger charge is 2.43. The number of nitrogens with one attached hydrogen (secondary N) is 3. The van der Waals surface area contributed by atoms with E-state index in [-0.39, 0.29) is 11.3 Å². The minimum atomic E-state index is -0.217. The minimum Gasteiger partial charge on any atom is -0.356 e. The number of aromatic amines is 1. The van der Waals surface area contributed by atoms with Crippen molar-refractivity contribution in [3.05, 3.63) is 17.5 Å². The van der Waals surface area contributed by atoms with Crippen LogP contribution in [0.5, 0.6) is 0 Å². The third-order valence-corrected chi connectivity index (χ3v) is 4.59. The molecule has 0 aliphatic carbocycles. The second-order valence-corrected chi connectivity index (χ2v) is 6.12. The number of H-pyrrole nitrogens is 1. The van der Waals surface area contributed by atoms with Gasteiger partial charge in [0.05, 0.1) is 11.6 Å². The van der Waals surface area contributed by atoms with Gasteiger partial charge in [-0.15, -0.1) is 0 Å². The highest BCUT2D eigenvalue weighted by Crippen LogP contribution is 2.34. The number of amides is 1. The van der Waals surface area contributed by atoms with Gasteiger partial charge in [0.25, 0.3) is 0 Å². The first kappa shape index (κ1) is 15.0. The number of carbonyl (C=O) groups is 1. The number of nitrogens with zero attached hydrogens (tertiary/aromatic N) is 1. The van der Waals surface area contributed by atoms with Crippen LogP contribution in [-0.4, -0.2) is 35.7 Å². The fourth-order valence-corrected chi connectivity index (χ4v) is 2.94. The molecule has 1 atom stereocenters. The second kappa shape index (κ2) is 6.39. The van der Waals surface area contributed by atoms with Crippen LogP contribution in [0.25, 0.3) is 0 Å². The van der Waals surface area contributed by atoms with E-state index in [4.69, 9.17) is 0 Å². The lowest BCUT2D eigenvalue weighted by molar-refractivity contribution is -0.132. The molecule has 3 N–H and O–H groups in total. The van der Waals surface area contributed by atoms with Crippen molar-refractivity contribution in [1.82, 2.24) is 20.8 Å². The van der Waals surface area contributed by atoms with Crippen LogP contribution in [0.1, 0.15) is 37.9 Å². The molecule has 0 saturated carbocycles. The number of aromatic nitrogens is 2. The van der Waals surface area contributed by atoms with Gasteiger partial charge in [-0.05, 0) is 44.2 Å². The quantitative estimate of drug-likeness (QED) is 0.689. The molecule has 5 heteroatoms. The zero-order chi connectivity index (χ0) is 14.6. The molecular formula is C15H26N4O. The van der Waals surface area contributed by atoms with Crippen LogP contribution < -0.4 is 10.6 Å². The van der Waals surface area contributed by atoms with Crippen LogP contribution >= 0.6 is 0 Å².